The number of aromatic nitrogens is 1. The average Bonchev–Trinajstić information content (AvgIpc) is 2.91. The molecule has 2 amide bonds. The van der Waals surface area contributed by atoms with Gasteiger partial charge in [0.25, 0.3) is 5.91 Å². The van der Waals surface area contributed by atoms with Crippen molar-refractivity contribution in [3.63, 3.8) is 0 Å². The van der Waals surface area contributed by atoms with Crippen LogP contribution in [0.2, 0.25) is 0 Å². The molecule has 7 nitrogen and oxygen atoms in total. The monoisotopic (exact) mass is 487 g/mol. The van der Waals surface area contributed by atoms with Crippen LogP contribution in [0.15, 0.2) is 72.9 Å². The second kappa shape index (κ2) is 11.4. The largest absolute Gasteiger partial charge is 0.472 e. The Bertz CT molecular complexity index is 1190. The lowest BCUT2D eigenvalue weighted by Crippen LogP contribution is -2.50. The molecule has 1 aromatic heterocycles. The summed E-state index contributed by atoms with van der Waals surface area (Å²) in [6, 6.07) is 20.8. The van der Waals surface area contributed by atoms with Gasteiger partial charge in [-0.15, -0.1) is 0 Å². The summed E-state index contributed by atoms with van der Waals surface area (Å²) in [6.45, 7) is 4.41. The molecular formula is C29H33N3O4. The number of hydrogen-bond acceptors (Lipinski definition) is 5. The summed E-state index contributed by atoms with van der Waals surface area (Å²) in [5.74, 6) is -0.0899. The highest BCUT2D eigenvalue weighted by Gasteiger charge is 2.34. The van der Waals surface area contributed by atoms with Gasteiger partial charge in [0, 0.05) is 31.3 Å². The molecule has 7 heteroatoms. The molecule has 0 fully saturated rings. The Morgan fingerprint density at radius 1 is 1.14 bits per heavy atom. The third-order valence-electron chi connectivity index (χ3n) is 6.71. The highest BCUT2D eigenvalue weighted by molar-refractivity contribution is 5.98. The highest BCUT2D eigenvalue weighted by Crippen LogP contribution is 2.30. The summed E-state index contributed by atoms with van der Waals surface area (Å²) in [7, 11) is 1.77. The molecule has 0 radical (unpaired) electrons. The maximum absolute atomic E-state index is 13.6. The molecule has 0 aliphatic carbocycles. The molecule has 1 N–H and O–H groups in total. The predicted octanol–water partition coefficient (Wildman–Crippen LogP) is 3.67. The van der Waals surface area contributed by atoms with Crippen molar-refractivity contribution in [2.24, 2.45) is 5.92 Å². The zero-order valence-corrected chi connectivity index (χ0v) is 21.0. The van der Waals surface area contributed by atoms with Gasteiger partial charge in [-0.1, -0.05) is 67.6 Å². The summed E-state index contributed by atoms with van der Waals surface area (Å²) in [5, 5.41) is 9.86. The Morgan fingerprint density at radius 2 is 1.81 bits per heavy atom. The van der Waals surface area contributed by atoms with Gasteiger partial charge in [-0.05, 0) is 24.1 Å². The molecule has 188 valence electrons. The lowest BCUT2D eigenvalue weighted by atomic mass is 9.99. The highest BCUT2D eigenvalue weighted by atomic mass is 16.5. The van der Waals surface area contributed by atoms with Crippen molar-refractivity contribution in [3.05, 3.63) is 84.1 Å². The SMILES string of the molecule is C[C@H](CO)N1C[C@H](C)[C@H](CN(C)C(=O)Cc2ccccc2)Oc2ncc(-c3ccccc3)cc2C1=O. The molecule has 36 heavy (non-hydrogen) atoms. The van der Waals surface area contributed by atoms with Crippen LogP contribution in [0.1, 0.15) is 29.8 Å². The maximum atomic E-state index is 13.6. The van der Waals surface area contributed by atoms with Gasteiger partial charge in [0.05, 0.1) is 25.6 Å². The lowest BCUT2D eigenvalue weighted by Gasteiger charge is -2.37. The van der Waals surface area contributed by atoms with E-state index in [9.17, 15) is 14.7 Å². The number of amides is 2. The van der Waals surface area contributed by atoms with Crippen LogP contribution < -0.4 is 4.74 Å². The number of nitrogens with zero attached hydrogens (tertiary/aromatic N) is 3. The first-order valence-electron chi connectivity index (χ1n) is 12.3. The van der Waals surface area contributed by atoms with Crippen molar-refractivity contribution in [3.8, 4) is 17.0 Å². The van der Waals surface area contributed by atoms with Crippen molar-refractivity contribution in [1.82, 2.24) is 14.8 Å². The van der Waals surface area contributed by atoms with Crippen molar-refractivity contribution in [2.45, 2.75) is 32.4 Å². The van der Waals surface area contributed by atoms with Gasteiger partial charge in [-0.3, -0.25) is 9.59 Å². The molecule has 2 aromatic carbocycles. The molecule has 0 spiro atoms. The third kappa shape index (κ3) is 5.74. The second-order valence-electron chi connectivity index (χ2n) is 9.50. The number of aliphatic hydroxyl groups is 1. The lowest BCUT2D eigenvalue weighted by molar-refractivity contribution is -0.130. The Labute approximate surface area is 212 Å². The molecule has 1 aliphatic heterocycles. The number of pyridine rings is 1. The summed E-state index contributed by atoms with van der Waals surface area (Å²) >= 11 is 0. The molecule has 0 bridgehead atoms. The maximum Gasteiger partial charge on any atom is 0.259 e. The van der Waals surface area contributed by atoms with E-state index in [1.807, 2.05) is 74.5 Å². The van der Waals surface area contributed by atoms with E-state index in [1.165, 1.54) is 0 Å². The number of ether oxygens (including phenoxy) is 1. The van der Waals surface area contributed by atoms with Crippen molar-refractivity contribution < 1.29 is 19.4 Å². The topological polar surface area (TPSA) is 83.0 Å². The smallest absolute Gasteiger partial charge is 0.259 e. The summed E-state index contributed by atoms with van der Waals surface area (Å²) in [4.78, 5) is 34.4. The molecule has 1 aliphatic rings. The van der Waals surface area contributed by atoms with Crippen LogP contribution >= 0.6 is 0 Å². The van der Waals surface area contributed by atoms with Gasteiger partial charge in [-0.25, -0.2) is 4.98 Å². The first kappa shape index (κ1) is 25.4. The standard InChI is InChI=1S/C29H33N3O4/c1-20-17-32(21(2)19-33)29(35)25-15-24(23-12-8-5-9-13-23)16-30-28(25)36-26(20)18-31(3)27(34)14-22-10-6-4-7-11-22/h4-13,15-16,20-21,26,33H,14,17-19H2,1-3H3/t20-,21+,26-/m0/s1. The summed E-state index contributed by atoms with van der Waals surface area (Å²) in [6.07, 6.45) is 1.62. The van der Waals surface area contributed by atoms with E-state index in [1.54, 1.807) is 29.1 Å². The Morgan fingerprint density at radius 3 is 2.47 bits per heavy atom. The number of carbonyl (C=O) groups is 2. The van der Waals surface area contributed by atoms with Crippen LogP contribution in [-0.2, 0) is 11.2 Å². The first-order valence-corrected chi connectivity index (χ1v) is 12.3. The molecule has 0 saturated heterocycles. The van der Waals surface area contributed by atoms with Gasteiger partial charge >= 0.3 is 0 Å². The minimum atomic E-state index is -0.384. The normalized spacial score (nSPS) is 18.4. The van der Waals surface area contributed by atoms with Gasteiger partial charge in [0.1, 0.15) is 11.7 Å². The quantitative estimate of drug-likeness (QED) is 0.550. The molecule has 4 rings (SSSR count). The number of likely N-dealkylation sites (N-methyl/N-ethyl adjacent to an activating group) is 1. The van der Waals surface area contributed by atoms with E-state index in [2.05, 4.69) is 4.98 Å². The molecule has 2 heterocycles. The minimum Gasteiger partial charge on any atom is -0.472 e. The van der Waals surface area contributed by atoms with E-state index in [0.717, 1.165) is 16.7 Å². The zero-order chi connectivity index (χ0) is 25.7. The van der Waals surface area contributed by atoms with E-state index >= 15 is 0 Å². The average molecular weight is 488 g/mol. The number of carbonyl (C=O) groups excluding carboxylic acids is 2. The van der Waals surface area contributed by atoms with Crippen LogP contribution in [0, 0.1) is 5.92 Å². The van der Waals surface area contributed by atoms with E-state index in [4.69, 9.17) is 4.74 Å². The van der Waals surface area contributed by atoms with Gasteiger partial charge in [0.2, 0.25) is 11.8 Å². The van der Waals surface area contributed by atoms with Crippen LogP contribution in [0.4, 0.5) is 0 Å². The van der Waals surface area contributed by atoms with E-state index < -0.39 is 0 Å². The fourth-order valence-electron chi connectivity index (χ4n) is 4.39. The van der Waals surface area contributed by atoms with Crippen molar-refractivity contribution in [2.75, 3.05) is 26.7 Å². The third-order valence-corrected chi connectivity index (χ3v) is 6.71. The Balaban J connectivity index is 1.62. The van der Waals surface area contributed by atoms with E-state index in [0.29, 0.717) is 25.1 Å². The van der Waals surface area contributed by atoms with Gasteiger partial charge in [-0.2, -0.15) is 0 Å². The molecular weight excluding hydrogens is 454 g/mol. The number of hydrogen-bond donors (Lipinski definition) is 1. The molecule has 0 saturated carbocycles. The first-order chi connectivity index (χ1) is 17.4. The van der Waals surface area contributed by atoms with Crippen molar-refractivity contribution in [1.29, 1.82) is 0 Å². The number of aliphatic hydroxyl groups excluding tert-OH is 1. The van der Waals surface area contributed by atoms with Crippen LogP contribution in [0.25, 0.3) is 11.1 Å². The number of fused-ring (bicyclic) bond motifs is 1. The van der Waals surface area contributed by atoms with Gasteiger partial charge in [0.15, 0.2) is 0 Å². The fraction of sp³-hybridized carbons (Fsp3) is 0.345. The summed E-state index contributed by atoms with van der Waals surface area (Å²) in [5.41, 5.74) is 3.06. The van der Waals surface area contributed by atoms with Crippen molar-refractivity contribution >= 4 is 11.8 Å². The molecule has 3 atom stereocenters. The number of benzene rings is 2. The van der Waals surface area contributed by atoms with Crippen LogP contribution in [-0.4, -0.2) is 70.6 Å². The zero-order valence-electron chi connectivity index (χ0n) is 21.0. The molecule has 0 unspecified atom stereocenters. The van der Waals surface area contributed by atoms with Crippen LogP contribution in [0.3, 0.4) is 0 Å². The summed E-state index contributed by atoms with van der Waals surface area (Å²) < 4.78 is 6.33. The Kier molecular flexibility index (Phi) is 8.00. The molecule has 3 aromatic rings. The minimum absolute atomic E-state index is 0.0108. The van der Waals surface area contributed by atoms with Crippen LogP contribution in [0.5, 0.6) is 5.88 Å². The second-order valence-corrected chi connectivity index (χ2v) is 9.50. The predicted molar refractivity (Wildman–Crippen MR) is 139 cm³/mol. The fourth-order valence-corrected chi connectivity index (χ4v) is 4.39. The van der Waals surface area contributed by atoms with E-state index in [-0.39, 0.29) is 42.4 Å². The Hall–Kier alpha value is -3.71. The van der Waals surface area contributed by atoms with Gasteiger partial charge < -0.3 is 19.6 Å². The number of rotatable bonds is 7.